The van der Waals surface area contributed by atoms with Gasteiger partial charge in [-0.1, -0.05) is 29.8 Å². The van der Waals surface area contributed by atoms with Crippen LogP contribution >= 0.6 is 27.7 Å². The van der Waals surface area contributed by atoms with Gasteiger partial charge in [0.05, 0.1) is 0 Å². The molecule has 0 aliphatic heterocycles. The summed E-state index contributed by atoms with van der Waals surface area (Å²) in [5.74, 6) is 0.868. The highest BCUT2D eigenvalue weighted by molar-refractivity contribution is 9.10. The summed E-state index contributed by atoms with van der Waals surface area (Å²) < 4.78 is 1.16. The Hall–Kier alpha value is 0.01000. The molecule has 0 bridgehead atoms. The number of benzene rings is 1. The second-order valence-electron chi connectivity index (χ2n) is 5.19. The molecule has 0 saturated heterocycles. The molecule has 0 aromatic heterocycles. The van der Waals surface area contributed by atoms with E-state index in [9.17, 15) is 0 Å². The maximum absolute atomic E-state index is 3.66. The molecule has 0 heterocycles. The fraction of sp³-hybridized carbons (Fsp3) is 0.600. The normalized spacial score (nSPS) is 28.3. The SMILES string of the molecule is CCNC1CCC(C)CC1Sc1ccc(Br)cc1. The van der Waals surface area contributed by atoms with E-state index in [4.69, 9.17) is 0 Å². The van der Waals surface area contributed by atoms with Gasteiger partial charge in [0.25, 0.3) is 0 Å². The number of halogens is 1. The van der Waals surface area contributed by atoms with Crippen molar-refractivity contribution in [2.75, 3.05) is 6.54 Å². The van der Waals surface area contributed by atoms with Gasteiger partial charge in [0.15, 0.2) is 0 Å². The Morgan fingerprint density at radius 3 is 2.67 bits per heavy atom. The van der Waals surface area contributed by atoms with Crippen LogP contribution in [-0.2, 0) is 0 Å². The van der Waals surface area contributed by atoms with Crippen LogP contribution in [-0.4, -0.2) is 17.8 Å². The number of hydrogen-bond donors (Lipinski definition) is 1. The molecule has 1 nitrogen and oxygen atoms in total. The zero-order valence-corrected chi connectivity index (χ0v) is 13.6. The van der Waals surface area contributed by atoms with E-state index in [1.807, 2.05) is 11.8 Å². The summed E-state index contributed by atoms with van der Waals surface area (Å²) in [4.78, 5) is 1.39. The van der Waals surface area contributed by atoms with Gasteiger partial charge in [-0.15, -0.1) is 11.8 Å². The van der Waals surface area contributed by atoms with Crippen molar-refractivity contribution in [1.82, 2.24) is 5.32 Å². The van der Waals surface area contributed by atoms with Gasteiger partial charge in [-0.3, -0.25) is 0 Å². The van der Waals surface area contributed by atoms with Crippen LogP contribution in [0.1, 0.15) is 33.1 Å². The molecule has 0 amide bonds. The smallest absolute Gasteiger partial charge is 0.0250 e. The van der Waals surface area contributed by atoms with Gasteiger partial charge in [0, 0.05) is 20.7 Å². The number of rotatable bonds is 4. The highest BCUT2D eigenvalue weighted by atomic mass is 79.9. The number of nitrogens with one attached hydrogen (secondary N) is 1. The Kier molecular flexibility index (Phi) is 5.58. The Bertz CT molecular complexity index is 365. The molecule has 18 heavy (non-hydrogen) atoms. The van der Waals surface area contributed by atoms with E-state index in [-0.39, 0.29) is 0 Å². The first-order valence-corrected chi connectivity index (χ1v) is 8.52. The van der Waals surface area contributed by atoms with Crippen molar-refractivity contribution in [3.63, 3.8) is 0 Å². The van der Waals surface area contributed by atoms with Crippen molar-refractivity contribution in [1.29, 1.82) is 0 Å². The lowest BCUT2D eigenvalue weighted by atomic mass is 9.87. The van der Waals surface area contributed by atoms with Crippen LogP contribution in [0.3, 0.4) is 0 Å². The molecule has 1 saturated carbocycles. The first kappa shape index (κ1) is 14.4. The van der Waals surface area contributed by atoms with Crippen molar-refractivity contribution in [3.05, 3.63) is 28.7 Å². The molecule has 100 valence electrons. The Balaban J connectivity index is 2.01. The van der Waals surface area contributed by atoms with E-state index in [1.165, 1.54) is 24.2 Å². The zero-order valence-electron chi connectivity index (χ0n) is 11.2. The molecule has 3 unspecified atom stereocenters. The predicted octanol–water partition coefficient (Wildman–Crippen LogP) is 4.71. The van der Waals surface area contributed by atoms with Gasteiger partial charge in [0.2, 0.25) is 0 Å². The lowest BCUT2D eigenvalue weighted by molar-refractivity contribution is 0.321. The average Bonchev–Trinajstić information content (AvgIpc) is 2.36. The van der Waals surface area contributed by atoms with Crippen molar-refractivity contribution in [2.24, 2.45) is 5.92 Å². The quantitative estimate of drug-likeness (QED) is 0.859. The standard InChI is InChI=1S/C15H22BrNS/c1-3-17-14-9-4-11(2)10-15(14)18-13-7-5-12(16)6-8-13/h5-8,11,14-15,17H,3-4,9-10H2,1-2H3. The molecule has 2 rings (SSSR count). The lowest BCUT2D eigenvalue weighted by Gasteiger charge is -2.35. The summed E-state index contributed by atoms with van der Waals surface area (Å²) in [6.07, 6.45) is 4.02. The molecule has 0 radical (unpaired) electrons. The Morgan fingerprint density at radius 2 is 2.00 bits per heavy atom. The van der Waals surface area contributed by atoms with Gasteiger partial charge >= 0.3 is 0 Å². The molecule has 1 fully saturated rings. The summed E-state index contributed by atoms with van der Waals surface area (Å²) in [6.45, 7) is 5.67. The minimum Gasteiger partial charge on any atom is -0.313 e. The van der Waals surface area contributed by atoms with Gasteiger partial charge in [-0.05, 0) is 56.0 Å². The summed E-state index contributed by atoms with van der Waals surface area (Å²) in [7, 11) is 0. The molecule has 1 N–H and O–H groups in total. The average molecular weight is 328 g/mol. The maximum Gasteiger partial charge on any atom is 0.0250 e. The van der Waals surface area contributed by atoms with Crippen LogP contribution in [0.25, 0.3) is 0 Å². The van der Waals surface area contributed by atoms with E-state index < -0.39 is 0 Å². The fourth-order valence-electron chi connectivity index (χ4n) is 2.64. The first-order valence-electron chi connectivity index (χ1n) is 6.84. The van der Waals surface area contributed by atoms with Crippen LogP contribution in [0.4, 0.5) is 0 Å². The number of thioether (sulfide) groups is 1. The number of hydrogen-bond acceptors (Lipinski definition) is 2. The summed E-state index contributed by atoms with van der Waals surface area (Å²) in [6, 6.07) is 9.39. The van der Waals surface area contributed by atoms with Crippen molar-refractivity contribution in [2.45, 2.75) is 49.3 Å². The Morgan fingerprint density at radius 1 is 1.28 bits per heavy atom. The third-order valence-corrected chi connectivity index (χ3v) is 5.52. The first-order chi connectivity index (χ1) is 8.69. The summed E-state index contributed by atoms with van der Waals surface area (Å²) in [5.41, 5.74) is 0. The van der Waals surface area contributed by atoms with Gasteiger partial charge < -0.3 is 5.32 Å². The second kappa shape index (κ2) is 6.97. The lowest BCUT2D eigenvalue weighted by Crippen LogP contribution is -2.42. The van der Waals surface area contributed by atoms with Gasteiger partial charge in [-0.25, -0.2) is 0 Å². The molecule has 0 spiro atoms. The highest BCUT2D eigenvalue weighted by Crippen LogP contribution is 2.36. The van der Waals surface area contributed by atoms with Crippen LogP contribution in [0.2, 0.25) is 0 Å². The van der Waals surface area contributed by atoms with Crippen LogP contribution in [0.15, 0.2) is 33.6 Å². The van der Waals surface area contributed by atoms with Gasteiger partial charge in [0.1, 0.15) is 0 Å². The minimum atomic E-state index is 0.680. The molecule has 1 aliphatic carbocycles. The second-order valence-corrected chi connectivity index (χ2v) is 7.42. The summed E-state index contributed by atoms with van der Waals surface area (Å²) in [5, 5.41) is 4.37. The van der Waals surface area contributed by atoms with E-state index in [0.29, 0.717) is 6.04 Å². The molecule has 3 heteroatoms. The summed E-state index contributed by atoms with van der Waals surface area (Å²) >= 11 is 5.54. The molecular weight excluding hydrogens is 306 g/mol. The van der Waals surface area contributed by atoms with Crippen molar-refractivity contribution >= 4 is 27.7 Å². The topological polar surface area (TPSA) is 12.0 Å². The molecule has 1 aromatic rings. The van der Waals surface area contributed by atoms with Crippen molar-refractivity contribution in [3.8, 4) is 0 Å². The van der Waals surface area contributed by atoms with Gasteiger partial charge in [-0.2, -0.15) is 0 Å². The fourth-order valence-corrected chi connectivity index (χ4v) is 4.37. The van der Waals surface area contributed by atoms with E-state index in [2.05, 4.69) is 59.4 Å². The van der Waals surface area contributed by atoms with E-state index in [0.717, 1.165) is 22.2 Å². The minimum absolute atomic E-state index is 0.680. The maximum atomic E-state index is 3.66. The monoisotopic (exact) mass is 327 g/mol. The largest absolute Gasteiger partial charge is 0.313 e. The molecule has 1 aliphatic rings. The van der Waals surface area contributed by atoms with Crippen LogP contribution < -0.4 is 5.32 Å². The molecule has 3 atom stereocenters. The highest BCUT2D eigenvalue weighted by Gasteiger charge is 2.28. The molecule has 1 aromatic carbocycles. The van der Waals surface area contributed by atoms with E-state index in [1.54, 1.807) is 0 Å². The third kappa shape index (κ3) is 4.01. The van der Waals surface area contributed by atoms with Crippen molar-refractivity contribution < 1.29 is 0 Å². The predicted molar refractivity (Wildman–Crippen MR) is 84.3 cm³/mol. The van der Waals surface area contributed by atoms with Crippen LogP contribution in [0.5, 0.6) is 0 Å². The molecular formula is C15H22BrNS. The Labute approximate surface area is 123 Å². The zero-order chi connectivity index (χ0) is 13.0. The van der Waals surface area contributed by atoms with Crippen LogP contribution in [0, 0.1) is 5.92 Å². The third-order valence-electron chi connectivity index (χ3n) is 3.62. The van der Waals surface area contributed by atoms with E-state index >= 15 is 0 Å².